The number of anilines is 1. The number of rotatable bonds is 6. The topological polar surface area (TPSA) is 38.5 Å². The van der Waals surface area contributed by atoms with Crippen LogP contribution in [0.5, 0.6) is 0 Å². The van der Waals surface area contributed by atoms with Crippen molar-refractivity contribution in [2.45, 2.75) is 25.4 Å². The highest BCUT2D eigenvalue weighted by Crippen LogP contribution is 2.33. The first-order valence-corrected chi connectivity index (χ1v) is 6.00. The minimum atomic E-state index is -0.225. The number of nitrogens with two attached hydrogens (primary N) is 1. The number of benzene rings is 1. The van der Waals surface area contributed by atoms with Crippen molar-refractivity contribution in [3.05, 3.63) is 29.6 Å². The monoisotopic (exact) mass is 238 g/mol. The normalized spacial score (nSPS) is 15.0. The lowest BCUT2D eigenvalue weighted by Gasteiger charge is -2.26. The molecule has 1 aliphatic carbocycles. The van der Waals surface area contributed by atoms with Crippen molar-refractivity contribution in [2.75, 3.05) is 25.2 Å². The average Bonchev–Trinajstić information content (AvgIpc) is 3.15. The second-order valence-corrected chi connectivity index (χ2v) is 4.39. The molecule has 1 aromatic rings. The molecule has 94 valence electrons. The van der Waals surface area contributed by atoms with Crippen molar-refractivity contribution >= 4 is 5.69 Å². The molecule has 0 unspecified atom stereocenters. The highest BCUT2D eigenvalue weighted by Gasteiger charge is 2.30. The second kappa shape index (κ2) is 5.47. The summed E-state index contributed by atoms with van der Waals surface area (Å²) in [6.45, 7) is 1.88. The van der Waals surface area contributed by atoms with Crippen molar-refractivity contribution in [1.29, 1.82) is 0 Å². The van der Waals surface area contributed by atoms with Crippen LogP contribution < -0.4 is 10.6 Å². The van der Waals surface area contributed by atoms with Crippen LogP contribution in [-0.2, 0) is 11.3 Å². The zero-order valence-corrected chi connectivity index (χ0v) is 10.2. The van der Waals surface area contributed by atoms with Crippen molar-refractivity contribution < 1.29 is 9.13 Å². The van der Waals surface area contributed by atoms with Gasteiger partial charge in [0.15, 0.2) is 0 Å². The Bertz CT molecular complexity index is 380. The molecular formula is C13H19FN2O. The van der Waals surface area contributed by atoms with Gasteiger partial charge in [-0.3, -0.25) is 0 Å². The lowest BCUT2D eigenvalue weighted by molar-refractivity contribution is 0.205. The molecule has 0 radical (unpaired) electrons. The predicted molar refractivity (Wildman–Crippen MR) is 66.5 cm³/mol. The van der Waals surface area contributed by atoms with Gasteiger partial charge in [-0.05, 0) is 36.6 Å². The van der Waals surface area contributed by atoms with E-state index in [1.807, 2.05) is 6.07 Å². The van der Waals surface area contributed by atoms with Gasteiger partial charge in [0, 0.05) is 31.9 Å². The molecule has 0 amide bonds. The third kappa shape index (κ3) is 2.96. The van der Waals surface area contributed by atoms with Crippen LogP contribution in [0.25, 0.3) is 0 Å². The Labute approximate surface area is 101 Å². The van der Waals surface area contributed by atoms with Gasteiger partial charge >= 0.3 is 0 Å². The van der Waals surface area contributed by atoms with E-state index in [1.165, 1.54) is 25.0 Å². The zero-order valence-electron chi connectivity index (χ0n) is 10.2. The fourth-order valence-corrected chi connectivity index (χ4v) is 2.07. The Morgan fingerprint density at radius 2 is 2.24 bits per heavy atom. The Morgan fingerprint density at radius 3 is 2.82 bits per heavy atom. The highest BCUT2D eigenvalue weighted by molar-refractivity contribution is 5.55. The van der Waals surface area contributed by atoms with Gasteiger partial charge in [-0.15, -0.1) is 0 Å². The van der Waals surface area contributed by atoms with Crippen LogP contribution in [-0.4, -0.2) is 26.3 Å². The highest BCUT2D eigenvalue weighted by atomic mass is 19.1. The number of hydrogen-bond acceptors (Lipinski definition) is 3. The van der Waals surface area contributed by atoms with Crippen LogP contribution in [0.2, 0.25) is 0 Å². The molecule has 0 aliphatic heterocycles. The van der Waals surface area contributed by atoms with Gasteiger partial charge < -0.3 is 15.4 Å². The first-order chi connectivity index (χ1) is 8.26. The lowest BCUT2D eigenvalue weighted by Crippen LogP contribution is -2.30. The minimum Gasteiger partial charge on any atom is -0.383 e. The summed E-state index contributed by atoms with van der Waals surface area (Å²) in [5.74, 6) is -0.225. The van der Waals surface area contributed by atoms with Gasteiger partial charge in [0.25, 0.3) is 0 Å². The summed E-state index contributed by atoms with van der Waals surface area (Å²) >= 11 is 0. The zero-order chi connectivity index (χ0) is 12.3. The Balaban J connectivity index is 2.21. The quantitative estimate of drug-likeness (QED) is 0.822. The minimum absolute atomic E-state index is 0.225. The molecule has 0 spiro atoms. The Hall–Kier alpha value is -1.13. The molecule has 1 saturated carbocycles. The summed E-state index contributed by atoms with van der Waals surface area (Å²) in [6.07, 6.45) is 2.40. The first-order valence-electron chi connectivity index (χ1n) is 6.00. The maximum absolute atomic E-state index is 13.2. The van der Waals surface area contributed by atoms with Crippen molar-refractivity contribution in [2.24, 2.45) is 5.73 Å². The van der Waals surface area contributed by atoms with Crippen LogP contribution in [0.4, 0.5) is 10.1 Å². The molecule has 1 aromatic carbocycles. The molecule has 1 fully saturated rings. The summed E-state index contributed by atoms with van der Waals surface area (Å²) < 4.78 is 18.3. The number of ether oxygens (including phenoxy) is 1. The largest absolute Gasteiger partial charge is 0.383 e. The van der Waals surface area contributed by atoms with E-state index < -0.39 is 0 Å². The Morgan fingerprint density at radius 1 is 1.47 bits per heavy atom. The van der Waals surface area contributed by atoms with Crippen LogP contribution in [0, 0.1) is 5.82 Å². The molecule has 2 N–H and O–H groups in total. The molecule has 0 heterocycles. The number of methoxy groups -OCH3 is 1. The van der Waals surface area contributed by atoms with Crippen LogP contribution in [0.15, 0.2) is 18.2 Å². The van der Waals surface area contributed by atoms with Gasteiger partial charge in [0.2, 0.25) is 0 Å². The average molecular weight is 238 g/mol. The summed E-state index contributed by atoms with van der Waals surface area (Å²) in [4.78, 5) is 2.28. The van der Waals surface area contributed by atoms with Crippen molar-refractivity contribution in [3.63, 3.8) is 0 Å². The number of nitrogens with zero attached hydrogens (tertiary/aromatic N) is 1. The van der Waals surface area contributed by atoms with E-state index in [0.29, 0.717) is 19.2 Å². The molecule has 4 heteroatoms. The van der Waals surface area contributed by atoms with Crippen LogP contribution in [0.3, 0.4) is 0 Å². The van der Waals surface area contributed by atoms with Gasteiger partial charge in [0.05, 0.1) is 6.61 Å². The first kappa shape index (κ1) is 12.3. The summed E-state index contributed by atoms with van der Waals surface area (Å²) in [6, 6.07) is 5.42. The summed E-state index contributed by atoms with van der Waals surface area (Å²) in [5.41, 5.74) is 7.60. The fraction of sp³-hybridized carbons (Fsp3) is 0.538. The second-order valence-electron chi connectivity index (χ2n) is 4.39. The number of hydrogen-bond donors (Lipinski definition) is 1. The van der Waals surface area contributed by atoms with E-state index in [1.54, 1.807) is 7.11 Å². The van der Waals surface area contributed by atoms with E-state index in [4.69, 9.17) is 10.5 Å². The SMILES string of the molecule is COCCN(c1ccc(F)cc1CN)C1CC1. The maximum Gasteiger partial charge on any atom is 0.123 e. The van der Waals surface area contributed by atoms with E-state index in [0.717, 1.165) is 17.8 Å². The fourth-order valence-electron chi connectivity index (χ4n) is 2.07. The van der Waals surface area contributed by atoms with Gasteiger partial charge in [-0.1, -0.05) is 0 Å². The predicted octanol–water partition coefficient (Wildman–Crippen LogP) is 1.90. The van der Waals surface area contributed by atoms with Gasteiger partial charge in [-0.25, -0.2) is 4.39 Å². The molecule has 1 aliphatic rings. The molecule has 3 nitrogen and oxygen atoms in total. The van der Waals surface area contributed by atoms with Gasteiger partial charge in [-0.2, -0.15) is 0 Å². The smallest absolute Gasteiger partial charge is 0.123 e. The lowest BCUT2D eigenvalue weighted by atomic mass is 10.1. The maximum atomic E-state index is 13.2. The van der Waals surface area contributed by atoms with Crippen LogP contribution >= 0.6 is 0 Å². The third-order valence-corrected chi connectivity index (χ3v) is 3.09. The molecule has 0 bridgehead atoms. The molecule has 17 heavy (non-hydrogen) atoms. The molecular weight excluding hydrogens is 219 g/mol. The summed E-state index contributed by atoms with van der Waals surface area (Å²) in [5, 5.41) is 0. The van der Waals surface area contributed by atoms with Crippen molar-refractivity contribution in [3.8, 4) is 0 Å². The number of halogens is 1. The molecule has 2 rings (SSSR count). The van der Waals surface area contributed by atoms with E-state index in [-0.39, 0.29) is 5.82 Å². The van der Waals surface area contributed by atoms with Crippen molar-refractivity contribution in [1.82, 2.24) is 0 Å². The third-order valence-electron chi connectivity index (χ3n) is 3.09. The summed E-state index contributed by atoms with van der Waals surface area (Å²) in [7, 11) is 1.69. The van der Waals surface area contributed by atoms with E-state index in [9.17, 15) is 4.39 Å². The molecule has 0 atom stereocenters. The molecule has 0 saturated heterocycles. The standard InChI is InChI=1S/C13H19FN2O/c1-17-7-6-16(12-3-4-12)13-5-2-11(14)8-10(13)9-15/h2,5,8,12H,3-4,6-7,9,15H2,1H3. The molecule has 0 aromatic heterocycles. The Kier molecular flexibility index (Phi) is 3.97. The van der Waals surface area contributed by atoms with E-state index >= 15 is 0 Å². The van der Waals surface area contributed by atoms with Crippen LogP contribution in [0.1, 0.15) is 18.4 Å². The van der Waals surface area contributed by atoms with E-state index in [2.05, 4.69) is 4.90 Å². The van der Waals surface area contributed by atoms with Gasteiger partial charge in [0.1, 0.15) is 5.82 Å².